The van der Waals surface area contributed by atoms with Crippen molar-refractivity contribution in [1.29, 1.82) is 0 Å². The molecule has 2 aromatic rings. The zero-order valence-electron chi connectivity index (χ0n) is 12.6. The third kappa shape index (κ3) is 5.92. The van der Waals surface area contributed by atoms with Crippen molar-refractivity contribution in [2.75, 3.05) is 12.3 Å². The first kappa shape index (κ1) is 18.5. The van der Waals surface area contributed by atoms with Crippen LogP contribution >= 0.6 is 46.3 Å². The van der Waals surface area contributed by atoms with Gasteiger partial charge in [0, 0.05) is 18.1 Å². The van der Waals surface area contributed by atoms with E-state index in [4.69, 9.17) is 27.9 Å². The number of carbonyl (C=O) groups is 1. The van der Waals surface area contributed by atoms with Crippen LogP contribution in [0.1, 0.15) is 12.5 Å². The number of carbonyl (C=O) groups excluding carboxylic acids is 1. The van der Waals surface area contributed by atoms with Crippen LogP contribution in [0.5, 0.6) is 5.75 Å². The summed E-state index contributed by atoms with van der Waals surface area (Å²) in [4.78, 5) is 12.0. The number of hydrogen-bond donors (Lipinski definition) is 1. The highest BCUT2D eigenvalue weighted by molar-refractivity contribution is 7.98. The SMILES string of the molecule is CC(Oc1cccc(Cl)c1Cl)C(=O)NCCSCc1ccsc1. The van der Waals surface area contributed by atoms with E-state index in [-0.39, 0.29) is 5.91 Å². The van der Waals surface area contributed by atoms with Crippen molar-refractivity contribution in [3.05, 3.63) is 50.6 Å². The Balaban J connectivity index is 1.69. The van der Waals surface area contributed by atoms with E-state index in [9.17, 15) is 4.79 Å². The average molecular weight is 390 g/mol. The van der Waals surface area contributed by atoms with Gasteiger partial charge in [-0.05, 0) is 41.4 Å². The molecule has 1 aromatic heterocycles. The van der Waals surface area contributed by atoms with Crippen LogP contribution in [0, 0.1) is 0 Å². The van der Waals surface area contributed by atoms with Crippen LogP contribution < -0.4 is 10.1 Å². The van der Waals surface area contributed by atoms with Crippen molar-refractivity contribution in [2.45, 2.75) is 18.8 Å². The van der Waals surface area contributed by atoms with E-state index >= 15 is 0 Å². The maximum absolute atomic E-state index is 12.0. The number of ether oxygens (including phenoxy) is 1. The summed E-state index contributed by atoms with van der Waals surface area (Å²) in [6.45, 7) is 2.29. The second kappa shape index (κ2) is 9.42. The van der Waals surface area contributed by atoms with Gasteiger partial charge in [-0.3, -0.25) is 4.79 Å². The van der Waals surface area contributed by atoms with Crippen LogP contribution in [0.2, 0.25) is 10.0 Å². The van der Waals surface area contributed by atoms with E-state index in [0.29, 0.717) is 22.3 Å². The highest BCUT2D eigenvalue weighted by atomic mass is 35.5. The van der Waals surface area contributed by atoms with Gasteiger partial charge in [0.15, 0.2) is 6.10 Å². The average Bonchev–Trinajstić information content (AvgIpc) is 3.04. The largest absolute Gasteiger partial charge is 0.479 e. The molecular weight excluding hydrogens is 373 g/mol. The molecule has 23 heavy (non-hydrogen) atoms. The summed E-state index contributed by atoms with van der Waals surface area (Å²) in [5.74, 6) is 2.06. The molecule has 0 fully saturated rings. The van der Waals surface area contributed by atoms with Crippen molar-refractivity contribution in [3.63, 3.8) is 0 Å². The van der Waals surface area contributed by atoms with Crippen LogP contribution in [0.15, 0.2) is 35.0 Å². The lowest BCUT2D eigenvalue weighted by molar-refractivity contribution is -0.127. The highest BCUT2D eigenvalue weighted by Gasteiger charge is 2.16. The van der Waals surface area contributed by atoms with Crippen molar-refractivity contribution >= 4 is 52.2 Å². The minimum atomic E-state index is -0.632. The molecule has 0 aliphatic rings. The van der Waals surface area contributed by atoms with E-state index in [1.807, 2.05) is 0 Å². The summed E-state index contributed by atoms with van der Waals surface area (Å²) in [6, 6.07) is 7.21. The minimum absolute atomic E-state index is 0.169. The summed E-state index contributed by atoms with van der Waals surface area (Å²) < 4.78 is 5.57. The van der Waals surface area contributed by atoms with Gasteiger partial charge in [0.05, 0.1) is 5.02 Å². The molecule has 7 heteroatoms. The lowest BCUT2D eigenvalue weighted by Crippen LogP contribution is -2.37. The van der Waals surface area contributed by atoms with Gasteiger partial charge in [0.1, 0.15) is 10.8 Å². The van der Waals surface area contributed by atoms with E-state index < -0.39 is 6.10 Å². The predicted molar refractivity (Wildman–Crippen MR) is 100 cm³/mol. The van der Waals surface area contributed by atoms with Crippen molar-refractivity contribution < 1.29 is 9.53 Å². The van der Waals surface area contributed by atoms with Crippen molar-refractivity contribution in [1.82, 2.24) is 5.32 Å². The Kier molecular flexibility index (Phi) is 7.56. The molecule has 124 valence electrons. The van der Waals surface area contributed by atoms with Gasteiger partial charge >= 0.3 is 0 Å². The molecule has 0 saturated heterocycles. The molecule has 1 amide bonds. The molecule has 0 saturated carbocycles. The van der Waals surface area contributed by atoms with Gasteiger partial charge in [-0.1, -0.05) is 29.3 Å². The van der Waals surface area contributed by atoms with Crippen LogP contribution in [-0.4, -0.2) is 24.3 Å². The highest BCUT2D eigenvalue weighted by Crippen LogP contribution is 2.32. The van der Waals surface area contributed by atoms with Crippen LogP contribution in [0.25, 0.3) is 0 Å². The first-order valence-corrected chi connectivity index (χ1v) is 9.90. The normalized spacial score (nSPS) is 12.0. The smallest absolute Gasteiger partial charge is 0.260 e. The van der Waals surface area contributed by atoms with Gasteiger partial charge in [-0.15, -0.1) is 0 Å². The molecule has 1 atom stereocenters. The minimum Gasteiger partial charge on any atom is -0.479 e. The van der Waals surface area contributed by atoms with E-state index in [1.54, 1.807) is 48.2 Å². The van der Waals surface area contributed by atoms with Crippen molar-refractivity contribution in [2.24, 2.45) is 0 Å². The second-order valence-electron chi connectivity index (χ2n) is 4.79. The third-order valence-corrected chi connectivity index (χ3v) is 5.55. The van der Waals surface area contributed by atoms with Gasteiger partial charge in [0.25, 0.3) is 5.91 Å². The predicted octanol–water partition coefficient (Wildman–Crippen LogP) is 4.87. The Morgan fingerprint density at radius 1 is 1.39 bits per heavy atom. The Morgan fingerprint density at radius 3 is 2.96 bits per heavy atom. The monoisotopic (exact) mass is 389 g/mol. The first-order chi connectivity index (χ1) is 11.1. The van der Waals surface area contributed by atoms with Crippen LogP contribution in [0.4, 0.5) is 0 Å². The number of rotatable bonds is 8. The number of hydrogen-bond acceptors (Lipinski definition) is 4. The molecule has 0 aliphatic heterocycles. The molecule has 3 nitrogen and oxygen atoms in total. The summed E-state index contributed by atoms with van der Waals surface area (Å²) in [5.41, 5.74) is 1.32. The zero-order valence-corrected chi connectivity index (χ0v) is 15.7. The fourth-order valence-corrected chi connectivity index (χ4v) is 3.69. The summed E-state index contributed by atoms with van der Waals surface area (Å²) >= 11 is 15.4. The number of halogens is 2. The zero-order chi connectivity index (χ0) is 16.7. The van der Waals surface area contributed by atoms with Crippen molar-refractivity contribution in [3.8, 4) is 5.75 Å². The number of amides is 1. The number of thioether (sulfide) groups is 1. The van der Waals surface area contributed by atoms with E-state index in [2.05, 4.69) is 22.1 Å². The summed E-state index contributed by atoms with van der Waals surface area (Å²) in [5, 5.41) is 7.78. The molecule has 1 N–H and O–H groups in total. The number of benzene rings is 1. The maximum atomic E-state index is 12.0. The fourth-order valence-electron chi connectivity index (χ4n) is 1.77. The lowest BCUT2D eigenvalue weighted by atomic mass is 10.3. The third-order valence-electron chi connectivity index (χ3n) is 2.98. The molecular formula is C16H17Cl2NO2S2. The lowest BCUT2D eigenvalue weighted by Gasteiger charge is -2.16. The molecule has 0 bridgehead atoms. The molecule has 1 aromatic carbocycles. The standard InChI is InChI=1S/C16H17Cl2NO2S2/c1-11(21-14-4-2-3-13(17)15(14)18)16(20)19-6-8-23-10-12-5-7-22-9-12/h2-5,7,9,11H,6,8,10H2,1H3,(H,19,20). The summed E-state index contributed by atoms with van der Waals surface area (Å²) in [6.07, 6.45) is -0.632. The van der Waals surface area contributed by atoms with Gasteiger partial charge in [0.2, 0.25) is 0 Å². The molecule has 0 spiro atoms. The van der Waals surface area contributed by atoms with Gasteiger partial charge in [-0.2, -0.15) is 23.1 Å². The second-order valence-corrected chi connectivity index (χ2v) is 7.46. The summed E-state index contributed by atoms with van der Waals surface area (Å²) in [7, 11) is 0. The fraction of sp³-hybridized carbons (Fsp3) is 0.312. The Hall–Kier alpha value is -0.880. The quantitative estimate of drug-likeness (QED) is 0.654. The Morgan fingerprint density at radius 2 is 2.22 bits per heavy atom. The van der Waals surface area contributed by atoms with Gasteiger partial charge in [-0.25, -0.2) is 0 Å². The first-order valence-electron chi connectivity index (χ1n) is 7.05. The van der Waals surface area contributed by atoms with E-state index in [1.165, 1.54) is 5.56 Å². The van der Waals surface area contributed by atoms with Crippen LogP contribution in [-0.2, 0) is 10.5 Å². The topological polar surface area (TPSA) is 38.3 Å². The molecule has 1 heterocycles. The van der Waals surface area contributed by atoms with E-state index in [0.717, 1.165) is 11.5 Å². The molecule has 0 radical (unpaired) electrons. The molecule has 0 aliphatic carbocycles. The number of nitrogens with one attached hydrogen (secondary N) is 1. The Labute approximate surface area is 154 Å². The Bertz CT molecular complexity index is 635. The maximum Gasteiger partial charge on any atom is 0.260 e. The van der Waals surface area contributed by atoms with Crippen LogP contribution in [0.3, 0.4) is 0 Å². The molecule has 2 rings (SSSR count). The van der Waals surface area contributed by atoms with Gasteiger partial charge < -0.3 is 10.1 Å². The number of thiophene rings is 1. The molecule has 1 unspecified atom stereocenters.